The lowest BCUT2D eigenvalue weighted by molar-refractivity contribution is 0.437. The van der Waals surface area contributed by atoms with Crippen molar-refractivity contribution in [2.75, 3.05) is 0 Å². The van der Waals surface area contributed by atoms with Crippen LogP contribution in [0.4, 0.5) is 0 Å². The molecule has 0 unspecified atom stereocenters. The zero-order valence-corrected chi connectivity index (χ0v) is 12.6. The van der Waals surface area contributed by atoms with E-state index in [0.29, 0.717) is 18.5 Å². The summed E-state index contributed by atoms with van der Waals surface area (Å²) in [5, 5.41) is 0.754. The summed E-state index contributed by atoms with van der Waals surface area (Å²) in [6.45, 7) is 6.54. The molecule has 0 amide bonds. The lowest BCUT2D eigenvalue weighted by Gasteiger charge is -2.13. The molecule has 20 heavy (non-hydrogen) atoms. The lowest BCUT2D eigenvalue weighted by Crippen LogP contribution is -2.00. The quantitative estimate of drug-likeness (QED) is 0.930. The Morgan fingerprint density at radius 3 is 2.45 bits per heavy atom. The molecule has 1 aromatic heterocycles. The molecule has 0 saturated carbocycles. The lowest BCUT2D eigenvalue weighted by atomic mass is 10.0. The van der Waals surface area contributed by atoms with Gasteiger partial charge in [-0.25, -0.2) is 9.97 Å². The molecule has 0 radical (unpaired) electrons. The van der Waals surface area contributed by atoms with Crippen molar-refractivity contribution in [1.82, 2.24) is 9.97 Å². The molecule has 2 N–H and O–H groups in total. The molecule has 0 atom stereocenters. The van der Waals surface area contributed by atoms with Gasteiger partial charge in [0.1, 0.15) is 5.75 Å². The summed E-state index contributed by atoms with van der Waals surface area (Å²) in [6.07, 6.45) is 3.33. The van der Waals surface area contributed by atoms with Gasteiger partial charge in [-0.05, 0) is 36.1 Å². The zero-order valence-electron chi connectivity index (χ0n) is 11.9. The van der Waals surface area contributed by atoms with Crippen LogP contribution in [0.25, 0.3) is 0 Å². The molecule has 5 heteroatoms. The van der Waals surface area contributed by atoms with Crippen molar-refractivity contribution >= 4 is 11.6 Å². The molecule has 0 aliphatic carbocycles. The Kier molecular flexibility index (Phi) is 4.57. The molecule has 0 saturated heterocycles. The van der Waals surface area contributed by atoms with Gasteiger partial charge < -0.3 is 10.5 Å². The molecule has 0 aliphatic heterocycles. The number of hydrogen-bond acceptors (Lipinski definition) is 4. The first-order chi connectivity index (χ1) is 9.51. The highest BCUT2D eigenvalue weighted by Crippen LogP contribution is 2.32. The van der Waals surface area contributed by atoms with E-state index in [-0.39, 0.29) is 0 Å². The Labute approximate surface area is 124 Å². The Hall–Kier alpha value is -1.65. The molecule has 0 spiro atoms. The highest BCUT2D eigenvalue weighted by atomic mass is 35.5. The van der Waals surface area contributed by atoms with Crippen LogP contribution < -0.4 is 10.5 Å². The topological polar surface area (TPSA) is 61.0 Å². The van der Waals surface area contributed by atoms with Gasteiger partial charge in [-0.1, -0.05) is 25.4 Å². The smallest absolute Gasteiger partial charge is 0.321 e. The Bertz CT molecular complexity index is 597. The van der Waals surface area contributed by atoms with Crippen LogP contribution in [0.3, 0.4) is 0 Å². The molecule has 2 aromatic rings. The standard InChI is InChI=1S/C15H18ClN3O/c1-9(2)12-5-14(10(3)4-13(12)16)20-15-18-7-11(6-17)8-19-15/h4-5,7-9H,6,17H2,1-3H3. The van der Waals surface area contributed by atoms with Crippen molar-refractivity contribution in [3.8, 4) is 11.8 Å². The molecule has 0 fully saturated rings. The first kappa shape index (κ1) is 14.8. The second-order valence-electron chi connectivity index (χ2n) is 4.97. The van der Waals surface area contributed by atoms with Crippen molar-refractivity contribution in [1.29, 1.82) is 0 Å². The summed E-state index contributed by atoms with van der Waals surface area (Å²) in [6, 6.07) is 4.16. The maximum absolute atomic E-state index is 6.24. The predicted octanol–water partition coefficient (Wildman–Crippen LogP) is 3.81. The Morgan fingerprint density at radius 2 is 1.90 bits per heavy atom. The van der Waals surface area contributed by atoms with Crippen molar-refractivity contribution in [3.63, 3.8) is 0 Å². The largest absolute Gasteiger partial charge is 0.424 e. The minimum Gasteiger partial charge on any atom is -0.424 e. The average molecular weight is 292 g/mol. The van der Waals surface area contributed by atoms with Crippen molar-refractivity contribution in [2.24, 2.45) is 5.73 Å². The summed E-state index contributed by atoms with van der Waals surface area (Å²) < 4.78 is 5.73. The van der Waals surface area contributed by atoms with E-state index in [9.17, 15) is 0 Å². The number of rotatable bonds is 4. The van der Waals surface area contributed by atoms with Crippen molar-refractivity contribution < 1.29 is 4.74 Å². The summed E-state index contributed by atoms with van der Waals surface area (Å²) in [7, 11) is 0. The highest BCUT2D eigenvalue weighted by Gasteiger charge is 2.11. The van der Waals surface area contributed by atoms with Crippen LogP contribution in [0.5, 0.6) is 11.8 Å². The molecule has 2 rings (SSSR count). The van der Waals surface area contributed by atoms with E-state index >= 15 is 0 Å². The average Bonchev–Trinajstić information content (AvgIpc) is 2.42. The van der Waals surface area contributed by atoms with Gasteiger partial charge >= 0.3 is 6.01 Å². The van der Waals surface area contributed by atoms with Gasteiger partial charge in [-0.15, -0.1) is 0 Å². The molecular formula is C15H18ClN3O. The molecule has 1 heterocycles. The second kappa shape index (κ2) is 6.20. The molecule has 106 valence electrons. The van der Waals surface area contributed by atoms with Crippen LogP contribution in [0, 0.1) is 6.92 Å². The fourth-order valence-corrected chi connectivity index (χ4v) is 2.26. The van der Waals surface area contributed by atoms with Gasteiger partial charge in [0.2, 0.25) is 0 Å². The van der Waals surface area contributed by atoms with Crippen molar-refractivity contribution in [2.45, 2.75) is 33.2 Å². The number of benzene rings is 1. The summed E-state index contributed by atoms with van der Waals surface area (Å²) in [5.74, 6) is 1.05. The third kappa shape index (κ3) is 3.26. The van der Waals surface area contributed by atoms with Gasteiger partial charge in [0.05, 0.1) is 0 Å². The second-order valence-corrected chi connectivity index (χ2v) is 5.38. The zero-order chi connectivity index (χ0) is 14.7. The Morgan fingerprint density at radius 1 is 1.25 bits per heavy atom. The minimum absolute atomic E-state index is 0.308. The fraction of sp³-hybridized carbons (Fsp3) is 0.333. The number of halogens is 1. The number of ether oxygens (including phenoxy) is 1. The molecule has 0 bridgehead atoms. The highest BCUT2D eigenvalue weighted by molar-refractivity contribution is 6.31. The first-order valence-electron chi connectivity index (χ1n) is 6.50. The van der Waals surface area contributed by atoms with Gasteiger partial charge in [-0.2, -0.15) is 0 Å². The van der Waals surface area contributed by atoms with Crippen LogP contribution in [-0.4, -0.2) is 9.97 Å². The molecular weight excluding hydrogens is 274 g/mol. The van der Waals surface area contributed by atoms with E-state index < -0.39 is 0 Å². The molecule has 4 nitrogen and oxygen atoms in total. The number of hydrogen-bond donors (Lipinski definition) is 1. The number of aromatic nitrogens is 2. The van der Waals surface area contributed by atoms with E-state index in [2.05, 4.69) is 23.8 Å². The number of nitrogens with two attached hydrogens (primary N) is 1. The van der Waals surface area contributed by atoms with Crippen LogP contribution in [0.15, 0.2) is 24.5 Å². The van der Waals surface area contributed by atoms with E-state index in [1.807, 2.05) is 19.1 Å². The monoisotopic (exact) mass is 291 g/mol. The summed E-state index contributed by atoms with van der Waals surface area (Å²) in [5.41, 5.74) is 8.38. The Balaban J connectivity index is 2.30. The SMILES string of the molecule is Cc1cc(Cl)c(C(C)C)cc1Oc1ncc(CN)cn1. The summed E-state index contributed by atoms with van der Waals surface area (Å²) in [4.78, 5) is 8.27. The number of aryl methyl sites for hydroxylation is 1. The van der Waals surface area contributed by atoms with E-state index in [1.54, 1.807) is 12.4 Å². The fourth-order valence-electron chi connectivity index (χ4n) is 1.82. The van der Waals surface area contributed by atoms with Gasteiger partial charge in [0.15, 0.2) is 0 Å². The van der Waals surface area contributed by atoms with Crippen LogP contribution >= 0.6 is 11.6 Å². The van der Waals surface area contributed by atoms with E-state index in [4.69, 9.17) is 22.1 Å². The van der Waals surface area contributed by atoms with E-state index in [0.717, 1.165) is 27.5 Å². The third-order valence-corrected chi connectivity index (χ3v) is 3.36. The molecule has 0 aliphatic rings. The van der Waals surface area contributed by atoms with Gasteiger partial charge in [0, 0.05) is 29.5 Å². The van der Waals surface area contributed by atoms with Gasteiger partial charge in [-0.3, -0.25) is 0 Å². The summed E-state index contributed by atoms with van der Waals surface area (Å²) >= 11 is 6.24. The first-order valence-corrected chi connectivity index (χ1v) is 6.88. The van der Waals surface area contributed by atoms with Crippen LogP contribution in [-0.2, 0) is 6.54 Å². The number of nitrogens with zero attached hydrogens (tertiary/aromatic N) is 2. The van der Waals surface area contributed by atoms with Crippen molar-refractivity contribution in [3.05, 3.63) is 46.2 Å². The third-order valence-electron chi connectivity index (χ3n) is 3.03. The van der Waals surface area contributed by atoms with Crippen LogP contribution in [0.2, 0.25) is 5.02 Å². The normalized spacial score (nSPS) is 10.9. The molecule has 1 aromatic carbocycles. The maximum Gasteiger partial charge on any atom is 0.321 e. The van der Waals surface area contributed by atoms with E-state index in [1.165, 1.54) is 0 Å². The maximum atomic E-state index is 6.24. The minimum atomic E-state index is 0.308. The van der Waals surface area contributed by atoms with Gasteiger partial charge in [0.25, 0.3) is 0 Å². The van der Waals surface area contributed by atoms with Crippen LogP contribution in [0.1, 0.15) is 36.5 Å². The predicted molar refractivity (Wildman–Crippen MR) is 80.3 cm³/mol.